The van der Waals surface area contributed by atoms with E-state index in [1.807, 2.05) is 0 Å². The predicted molar refractivity (Wildman–Crippen MR) is 87.3 cm³/mol. The van der Waals surface area contributed by atoms with E-state index in [0.29, 0.717) is 17.3 Å². The molecule has 2 heterocycles. The van der Waals surface area contributed by atoms with Crippen LogP contribution >= 0.6 is 11.8 Å². The second-order valence-electron chi connectivity index (χ2n) is 6.85. The second-order valence-corrected chi connectivity index (χ2v) is 7.89. The molecule has 1 aromatic rings. The van der Waals surface area contributed by atoms with Gasteiger partial charge in [0.05, 0.1) is 12.7 Å². The first-order valence-corrected chi connectivity index (χ1v) is 9.10. The molecule has 0 radical (unpaired) electrons. The van der Waals surface area contributed by atoms with Gasteiger partial charge < -0.3 is 10.5 Å². The Morgan fingerprint density at radius 1 is 1.35 bits per heavy atom. The zero-order valence-corrected chi connectivity index (χ0v) is 13.6. The van der Waals surface area contributed by atoms with Gasteiger partial charge in [0.15, 0.2) is 5.17 Å². The summed E-state index contributed by atoms with van der Waals surface area (Å²) in [5.41, 5.74) is 5.52. The first-order chi connectivity index (χ1) is 11.1. The molecular formula is C17H20F2N2OS. The Hall–Kier alpha value is -1.14. The van der Waals surface area contributed by atoms with Crippen molar-refractivity contribution in [2.24, 2.45) is 22.6 Å². The smallest absolute Gasteiger partial charge is 0.154 e. The summed E-state index contributed by atoms with van der Waals surface area (Å²) in [6.07, 6.45) is 4.75. The van der Waals surface area contributed by atoms with Crippen molar-refractivity contribution >= 4 is 16.9 Å². The van der Waals surface area contributed by atoms with Crippen LogP contribution in [-0.2, 0) is 10.3 Å². The maximum absolute atomic E-state index is 14.4. The molecule has 3 unspecified atom stereocenters. The van der Waals surface area contributed by atoms with Gasteiger partial charge in [-0.1, -0.05) is 30.7 Å². The van der Waals surface area contributed by atoms with E-state index >= 15 is 0 Å². The summed E-state index contributed by atoms with van der Waals surface area (Å²) < 4.78 is 33.8. The van der Waals surface area contributed by atoms with Crippen molar-refractivity contribution < 1.29 is 13.5 Å². The summed E-state index contributed by atoms with van der Waals surface area (Å²) in [5, 5.41) is 0.453. The monoisotopic (exact) mass is 338 g/mol. The van der Waals surface area contributed by atoms with Crippen molar-refractivity contribution in [1.29, 1.82) is 0 Å². The molecule has 3 atom stereocenters. The molecule has 23 heavy (non-hydrogen) atoms. The topological polar surface area (TPSA) is 47.6 Å². The maximum Gasteiger partial charge on any atom is 0.154 e. The molecule has 1 saturated heterocycles. The van der Waals surface area contributed by atoms with E-state index < -0.39 is 17.2 Å². The molecule has 2 N–H and O–H groups in total. The third-order valence-corrected chi connectivity index (χ3v) is 6.15. The molecule has 0 amide bonds. The Morgan fingerprint density at radius 3 is 2.91 bits per heavy atom. The average molecular weight is 338 g/mol. The van der Waals surface area contributed by atoms with Crippen molar-refractivity contribution in [3.8, 4) is 0 Å². The third-order valence-electron chi connectivity index (χ3n) is 5.19. The number of aliphatic imine (C=N–C) groups is 1. The first kappa shape index (κ1) is 15.4. The molecule has 124 valence electrons. The molecular weight excluding hydrogens is 318 g/mol. The van der Waals surface area contributed by atoms with Gasteiger partial charge in [0.1, 0.15) is 17.2 Å². The van der Waals surface area contributed by atoms with Gasteiger partial charge in [-0.2, -0.15) is 0 Å². The molecule has 1 saturated carbocycles. The lowest BCUT2D eigenvalue weighted by Crippen LogP contribution is -2.50. The molecule has 3 nitrogen and oxygen atoms in total. The minimum atomic E-state index is -0.812. The number of benzene rings is 1. The summed E-state index contributed by atoms with van der Waals surface area (Å²) in [6, 6.07) is 3.70. The average Bonchev–Trinajstić information content (AvgIpc) is 3.31. The van der Waals surface area contributed by atoms with Crippen LogP contribution < -0.4 is 5.73 Å². The lowest BCUT2D eigenvalue weighted by molar-refractivity contribution is -0.0620. The fourth-order valence-corrected chi connectivity index (χ4v) is 4.79. The number of ether oxygens (including phenoxy) is 1. The van der Waals surface area contributed by atoms with Gasteiger partial charge in [0.25, 0.3) is 0 Å². The molecule has 4 rings (SSSR count). The van der Waals surface area contributed by atoms with Crippen LogP contribution in [0.5, 0.6) is 0 Å². The van der Waals surface area contributed by atoms with E-state index in [-0.39, 0.29) is 12.0 Å². The predicted octanol–water partition coefficient (Wildman–Crippen LogP) is 3.43. The van der Waals surface area contributed by atoms with E-state index in [2.05, 4.69) is 4.99 Å². The highest BCUT2D eigenvalue weighted by atomic mass is 32.2. The molecule has 0 bridgehead atoms. The number of fused-ring (bicyclic) bond motifs is 1. The third kappa shape index (κ3) is 2.87. The number of nitrogens with two attached hydrogens (primary N) is 1. The maximum atomic E-state index is 14.4. The van der Waals surface area contributed by atoms with Gasteiger partial charge in [-0.25, -0.2) is 13.8 Å². The molecule has 1 aliphatic carbocycles. The summed E-state index contributed by atoms with van der Waals surface area (Å²) in [6.45, 7) is 0.318. The van der Waals surface area contributed by atoms with E-state index in [1.165, 1.54) is 36.7 Å². The van der Waals surface area contributed by atoms with Crippen LogP contribution in [0.3, 0.4) is 0 Å². The number of hydrogen-bond donors (Lipinski definition) is 1. The fourth-order valence-electron chi connectivity index (χ4n) is 3.78. The van der Waals surface area contributed by atoms with Crippen molar-refractivity contribution in [3.63, 3.8) is 0 Å². The summed E-state index contributed by atoms with van der Waals surface area (Å²) in [7, 11) is 0. The Bertz CT molecular complexity index is 649. The SMILES string of the molecule is NC1=NC2(c3ccc(F)cc3F)COC(CC3CC3)CC2CS1. The highest BCUT2D eigenvalue weighted by molar-refractivity contribution is 8.13. The van der Waals surface area contributed by atoms with Crippen molar-refractivity contribution in [1.82, 2.24) is 0 Å². The van der Waals surface area contributed by atoms with Gasteiger partial charge >= 0.3 is 0 Å². The zero-order valence-electron chi connectivity index (χ0n) is 12.8. The molecule has 0 aromatic heterocycles. The normalized spacial score (nSPS) is 33.9. The quantitative estimate of drug-likeness (QED) is 0.918. The number of amidine groups is 1. The Balaban J connectivity index is 1.68. The van der Waals surface area contributed by atoms with Gasteiger partial charge in [-0.3, -0.25) is 0 Å². The Labute approximate surface area is 138 Å². The fraction of sp³-hybridized carbons (Fsp3) is 0.588. The summed E-state index contributed by atoms with van der Waals surface area (Å²) in [5.74, 6) is 0.612. The van der Waals surface area contributed by atoms with Gasteiger partial charge in [0, 0.05) is 23.3 Å². The molecule has 6 heteroatoms. The second kappa shape index (κ2) is 5.74. The van der Waals surface area contributed by atoms with Crippen LogP contribution in [0.2, 0.25) is 0 Å². The van der Waals surface area contributed by atoms with Crippen molar-refractivity contribution in [2.45, 2.75) is 37.3 Å². The van der Waals surface area contributed by atoms with E-state index in [4.69, 9.17) is 10.5 Å². The van der Waals surface area contributed by atoms with Crippen molar-refractivity contribution in [2.75, 3.05) is 12.4 Å². The molecule has 1 aromatic carbocycles. The first-order valence-electron chi connectivity index (χ1n) is 8.12. The van der Waals surface area contributed by atoms with Crippen LogP contribution in [0.15, 0.2) is 23.2 Å². The van der Waals surface area contributed by atoms with E-state index in [0.717, 1.165) is 30.6 Å². The Morgan fingerprint density at radius 2 is 2.17 bits per heavy atom. The Kier molecular flexibility index (Phi) is 3.84. The van der Waals surface area contributed by atoms with Crippen molar-refractivity contribution in [3.05, 3.63) is 35.4 Å². The zero-order chi connectivity index (χ0) is 16.0. The van der Waals surface area contributed by atoms with Crippen LogP contribution in [0.1, 0.15) is 31.2 Å². The van der Waals surface area contributed by atoms with Crippen LogP contribution in [0.25, 0.3) is 0 Å². The highest BCUT2D eigenvalue weighted by Gasteiger charge is 2.49. The molecule has 2 fully saturated rings. The molecule has 0 spiro atoms. The summed E-state index contributed by atoms with van der Waals surface area (Å²) in [4.78, 5) is 4.60. The highest BCUT2D eigenvalue weighted by Crippen LogP contribution is 2.48. The van der Waals surface area contributed by atoms with Crippen LogP contribution in [0.4, 0.5) is 8.78 Å². The minimum absolute atomic E-state index is 0.164. The number of rotatable bonds is 3. The van der Waals surface area contributed by atoms with E-state index in [1.54, 1.807) is 0 Å². The number of nitrogens with zero attached hydrogens (tertiary/aromatic N) is 1. The lowest BCUT2D eigenvalue weighted by atomic mass is 9.74. The van der Waals surface area contributed by atoms with Gasteiger partial charge in [0.2, 0.25) is 0 Å². The molecule has 3 aliphatic rings. The lowest BCUT2D eigenvalue weighted by Gasteiger charge is -2.46. The number of thioether (sulfide) groups is 1. The standard InChI is InChI=1S/C17H20F2N2OS/c18-12-3-4-14(15(19)7-12)17-9-22-13(5-10-1-2-10)6-11(17)8-23-16(20)21-17/h3-4,7,10-11,13H,1-2,5-6,8-9H2,(H2,20,21). The molecule has 2 aliphatic heterocycles. The van der Waals surface area contributed by atoms with Crippen LogP contribution in [-0.4, -0.2) is 23.6 Å². The minimum Gasteiger partial charge on any atom is -0.379 e. The number of halogens is 2. The van der Waals surface area contributed by atoms with Gasteiger partial charge in [-0.05, 0) is 24.8 Å². The van der Waals surface area contributed by atoms with Gasteiger partial charge in [-0.15, -0.1) is 0 Å². The largest absolute Gasteiger partial charge is 0.379 e. The van der Waals surface area contributed by atoms with Crippen LogP contribution in [0, 0.1) is 23.5 Å². The number of hydrogen-bond acceptors (Lipinski definition) is 4. The summed E-state index contributed by atoms with van der Waals surface area (Å²) >= 11 is 1.52. The van der Waals surface area contributed by atoms with E-state index in [9.17, 15) is 8.78 Å².